The van der Waals surface area contributed by atoms with Crippen molar-refractivity contribution in [3.05, 3.63) is 23.9 Å². The zero-order valence-electron chi connectivity index (χ0n) is 16.1. The number of aliphatic imine (C=N–C) groups is 1. The van der Waals surface area contributed by atoms with E-state index in [1.165, 1.54) is 5.56 Å². The van der Waals surface area contributed by atoms with E-state index in [4.69, 9.17) is 9.47 Å². The molecule has 7 nitrogen and oxygen atoms in total. The summed E-state index contributed by atoms with van der Waals surface area (Å²) in [7, 11) is 3.91. The van der Waals surface area contributed by atoms with Gasteiger partial charge < -0.3 is 24.6 Å². The Morgan fingerprint density at radius 3 is 3.08 bits per heavy atom. The summed E-state index contributed by atoms with van der Waals surface area (Å²) in [5, 5.41) is 3.46. The maximum absolute atomic E-state index is 5.62. The fourth-order valence-corrected chi connectivity index (χ4v) is 3.54. The van der Waals surface area contributed by atoms with Gasteiger partial charge in [-0.2, -0.15) is 0 Å². The molecule has 2 atom stereocenters. The minimum absolute atomic E-state index is 0.249. The van der Waals surface area contributed by atoms with Crippen LogP contribution >= 0.6 is 0 Å². The molecule has 3 heterocycles. The SMILES string of the molecule is CN=C(NCc1ccnc(N2CCOC(C)C2)c1)N(C)CC1CCOC1. The molecule has 26 heavy (non-hydrogen) atoms. The van der Waals surface area contributed by atoms with E-state index < -0.39 is 0 Å². The van der Waals surface area contributed by atoms with Crippen LogP contribution in [0.25, 0.3) is 0 Å². The molecule has 0 aromatic carbocycles. The van der Waals surface area contributed by atoms with Crippen LogP contribution < -0.4 is 10.2 Å². The number of aromatic nitrogens is 1. The summed E-state index contributed by atoms with van der Waals surface area (Å²) in [5.41, 5.74) is 1.20. The van der Waals surface area contributed by atoms with Gasteiger partial charge in [0.25, 0.3) is 0 Å². The Morgan fingerprint density at radius 2 is 2.35 bits per heavy atom. The van der Waals surface area contributed by atoms with E-state index in [1.807, 2.05) is 13.2 Å². The highest BCUT2D eigenvalue weighted by atomic mass is 16.5. The molecule has 2 unspecified atom stereocenters. The highest BCUT2D eigenvalue weighted by molar-refractivity contribution is 5.79. The Kier molecular flexibility index (Phi) is 6.68. The van der Waals surface area contributed by atoms with Gasteiger partial charge in [0.05, 0.1) is 19.3 Å². The molecule has 1 aromatic rings. The van der Waals surface area contributed by atoms with Crippen molar-refractivity contribution in [2.45, 2.75) is 26.0 Å². The number of nitrogens with one attached hydrogen (secondary N) is 1. The van der Waals surface area contributed by atoms with Gasteiger partial charge in [-0.15, -0.1) is 0 Å². The molecule has 0 aliphatic carbocycles. The molecule has 2 aliphatic heterocycles. The predicted octanol–water partition coefficient (Wildman–Crippen LogP) is 1.35. The van der Waals surface area contributed by atoms with E-state index in [1.54, 1.807) is 0 Å². The van der Waals surface area contributed by atoms with Gasteiger partial charge in [-0.05, 0) is 31.0 Å². The van der Waals surface area contributed by atoms with Gasteiger partial charge in [-0.3, -0.25) is 4.99 Å². The highest BCUT2D eigenvalue weighted by Gasteiger charge is 2.20. The summed E-state index contributed by atoms with van der Waals surface area (Å²) < 4.78 is 11.1. The fraction of sp³-hybridized carbons (Fsp3) is 0.684. The van der Waals surface area contributed by atoms with Gasteiger partial charge in [0, 0.05) is 59.0 Å². The summed E-state index contributed by atoms with van der Waals surface area (Å²) >= 11 is 0. The number of hydrogen-bond acceptors (Lipinski definition) is 5. The Morgan fingerprint density at radius 1 is 1.46 bits per heavy atom. The Balaban J connectivity index is 1.55. The van der Waals surface area contributed by atoms with Crippen LogP contribution in [0.3, 0.4) is 0 Å². The Hall–Kier alpha value is -1.86. The van der Waals surface area contributed by atoms with Crippen molar-refractivity contribution in [3.63, 3.8) is 0 Å². The molecule has 3 rings (SSSR count). The molecule has 0 spiro atoms. The summed E-state index contributed by atoms with van der Waals surface area (Å²) in [6, 6.07) is 4.21. The molecule has 0 radical (unpaired) electrons. The van der Waals surface area contributed by atoms with Crippen LogP contribution in [0, 0.1) is 5.92 Å². The monoisotopic (exact) mass is 361 g/mol. The van der Waals surface area contributed by atoms with Crippen molar-refractivity contribution in [2.24, 2.45) is 10.9 Å². The lowest BCUT2D eigenvalue weighted by atomic mass is 10.1. The third-order valence-corrected chi connectivity index (χ3v) is 4.96. The minimum atomic E-state index is 0.249. The summed E-state index contributed by atoms with van der Waals surface area (Å²) in [5.74, 6) is 2.52. The number of ether oxygens (including phenoxy) is 2. The molecule has 1 aromatic heterocycles. The van der Waals surface area contributed by atoms with Crippen LogP contribution in [0.1, 0.15) is 18.9 Å². The first-order valence-corrected chi connectivity index (χ1v) is 9.46. The van der Waals surface area contributed by atoms with Crippen LogP contribution in [-0.2, 0) is 16.0 Å². The predicted molar refractivity (Wildman–Crippen MR) is 104 cm³/mol. The number of guanidine groups is 1. The number of rotatable bonds is 5. The van der Waals surface area contributed by atoms with Gasteiger partial charge >= 0.3 is 0 Å². The van der Waals surface area contributed by atoms with Gasteiger partial charge in [0.2, 0.25) is 0 Å². The van der Waals surface area contributed by atoms with Crippen LogP contribution in [0.15, 0.2) is 23.3 Å². The third-order valence-electron chi connectivity index (χ3n) is 4.96. The smallest absolute Gasteiger partial charge is 0.193 e. The third kappa shape index (κ3) is 5.08. The molecular weight excluding hydrogens is 330 g/mol. The number of pyridine rings is 1. The molecule has 0 saturated carbocycles. The average Bonchev–Trinajstić information content (AvgIpc) is 3.15. The first kappa shape index (κ1) is 18.9. The van der Waals surface area contributed by atoms with Gasteiger partial charge in [-0.25, -0.2) is 4.98 Å². The van der Waals surface area contributed by atoms with E-state index >= 15 is 0 Å². The maximum Gasteiger partial charge on any atom is 0.193 e. The standard InChI is InChI=1S/C19H31N5O2/c1-15-12-24(7-9-26-15)18-10-16(4-6-21-18)11-22-19(20-2)23(3)13-17-5-8-25-14-17/h4,6,10,15,17H,5,7-9,11-14H2,1-3H3,(H,20,22). The fourth-order valence-electron chi connectivity index (χ4n) is 3.54. The van der Waals surface area contributed by atoms with E-state index in [0.29, 0.717) is 5.92 Å². The molecule has 2 saturated heterocycles. The maximum atomic E-state index is 5.62. The number of anilines is 1. The summed E-state index contributed by atoms with van der Waals surface area (Å²) in [6.07, 6.45) is 3.27. The summed E-state index contributed by atoms with van der Waals surface area (Å²) in [6.45, 7) is 8.07. The van der Waals surface area contributed by atoms with E-state index in [0.717, 1.165) is 64.2 Å². The van der Waals surface area contributed by atoms with Gasteiger partial charge in [0.15, 0.2) is 5.96 Å². The van der Waals surface area contributed by atoms with Crippen molar-refractivity contribution in [1.29, 1.82) is 0 Å². The minimum Gasteiger partial charge on any atom is -0.381 e. The first-order chi connectivity index (χ1) is 12.7. The Labute approximate surface area is 156 Å². The molecule has 0 amide bonds. The van der Waals surface area contributed by atoms with Crippen molar-refractivity contribution in [3.8, 4) is 0 Å². The zero-order valence-corrected chi connectivity index (χ0v) is 16.1. The number of morpholine rings is 1. The lowest BCUT2D eigenvalue weighted by molar-refractivity contribution is 0.0529. The van der Waals surface area contributed by atoms with Crippen molar-refractivity contribution in [1.82, 2.24) is 15.2 Å². The van der Waals surface area contributed by atoms with Crippen LogP contribution in [-0.4, -0.2) is 75.5 Å². The average molecular weight is 361 g/mol. The lowest BCUT2D eigenvalue weighted by Crippen LogP contribution is -2.42. The van der Waals surface area contributed by atoms with Crippen molar-refractivity contribution < 1.29 is 9.47 Å². The second-order valence-electron chi connectivity index (χ2n) is 7.16. The second-order valence-corrected chi connectivity index (χ2v) is 7.16. The van der Waals surface area contributed by atoms with E-state index in [9.17, 15) is 0 Å². The van der Waals surface area contributed by atoms with Gasteiger partial charge in [0.1, 0.15) is 5.82 Å². The van der Waals surface area contributed by atoms with Crippen molar-refractivity contribution >= 4 is 11.8 Å². The molecule has 144 valence electrons. The van der Waals surface area contributed by atoms with Crippen LogP contribution in [0.4, 0.5) is 5.82 Å². The number of nitrogens with zero attached hydrogens (tertiary/aromatic N) is 4. The quantitative estimate of drug-likeness (QED) is 0.631. The lowest BCUT2D eigenvalue weighted by Gasteiger charge is -2.32. The normalized spacial score (nSPS) is 24.0. The molecule has 1 N–H and O–H groups in total. The first-order valence-electron chi connectivity index (χ1n) is 9.46. The highest BCUT2D eigenvalue weighted by Crippen LogP contribution is 2.17. The molecule has 2 fully saturated rings. The molecule has 2 aliphatic rings. The number of hydrogen-bond donors (Lipinski definition) is 1. The zero-order chi connectivity index (χ0) is 18.4. The van der Waals surface area contributed by atoms with Crippen molar-refractivity contribution in [2.75, 3.05) is 58.5 Å². The Bertz CT molecular complexity index is 603. The van der Waals surface area contributed by atoms with Crippen LogP contribution in [0.2, 0.25) is 0 Å². The molecule has 0 bridgehead atoms. The largest absolute Gasteiger partial charge is 0.381 e. The topological polar surface area (TPSA) is 62.2 Å². The van der Waals surface area contributed by atoms with E-state index in [2.05, 4.69) is 51.2 Å². The second kappa shape index (κ2) is 9.19. The van der Waals surface area contributed by atoms with Gasteiger partial charge in [-0.1, -0.05) is 0 Å². The van der Waals surface area contributed by atoms with E-state index in [-0.39, 0.29) is 6.10 Å². The van der Waals surface area contributed by atoms with Crippen LogP contribution in [0.5, 0.6) is 0 Å². The summed E-state index contributed by atoms with van der Waals surface area (Å²) in [4.78, 5) is 13.4. The molecular formula is C19H31N5O2. The molecule has 7 heteroatoms.